The molecule has 0 fully saturated rings. The van der Waals surface area contributed by atoms with Gasteiger partial charge in [0.2, 0.25) is 15.9 Å². The normalized spacial score (nSPS) is 11.1. The molecule has 9 nitrogen and oxygen atoms in total. The number of carbonyl (C=O) groups excluding carboxylic acids is 1. The zero-order chi connectivity index (χ0) is 24.1. The molecule has 0 aliphatic heterocycles. The number of rotatable bonds is 8. The molecule has 1 aromatic heterocycles. The Balaban J connectivity index is 1.52. The van der Waals surface area contributed by atoms with E-state index < -0.39 is 15.9 Å². The van der Waals surface area contributed by atoms with Crippen LogP contribution in [0.4, 0.5) is 23.0 Å². The first-order valence-electron chi connectivity index (χ1n) is 10.2. The molecule has 0 spiro atoms. The molecular formula is C24H22N6O3S. The molecule has 3 aromatic carbocycles. The molecule has 0 aliphatic rings. The Morgan fingerprint density at radius 1 is 0.794 bits per heavy atom. The molecule has 0 unspecified atom stereocenters. The lowest BCUT2D eigenvalue weighted by molar-refractivity contribution is 0.100. The minimum Gasteiger partial charge on any atom is -0.366 e. The number of aromatic nitrogens is 2. The van der Waals surface area contributed by atoms with E-state index in [4.69, 9.17) is 5.73 Å². The number of nitrogens with two attached hydrogens (primary N) is 1. The van der Waals surface area contributed by atoms with E-state index >= 15 is 0 Å². The maximum atomic E-state index is 12.0. The number of hydrogen-bond acceptors (Lipinski definition) is 7. The first-order valence-corrected chi connectivity index (χ1v) is 11.7. The number of carbonyl (C=O) groups is 1. The van der Waals surface area contributed by atoms with Gasteiger partial charge in [0.1, 0.15) is 18.0 Å². The topological polar surface area (TPSA) is 139 Å². The first kappa shape index (κ1) is 22.9. The monoisotopic (exact) mass is 474 g/mol. The summed E-state index contributed by atoms with van der Waals surface area (Å²) in [6.07, 6.45) is 1.41. The standard InChI is InChI=1S/C24H22N6O3S/c1-26-34(32,33)21-7-3-6-20(13-21)30-23-14-22(27-15-28-23)29-19-5-2-4-18(12-19)16-8-10-17(11-9-16)24(25)31/h2-15,26H,1H3,(H2,25,31)(H2,27,28,29,30). The minimum atomic E-state index is -3.55. The maximum absolute atomic E-state index is 12.0. The maximum Gasteiger partial charge on any atom is 0.248 e. The molecule has 4 rings (SSSR count). The van der Waals surface area contributed by atoms with E-state index in [0.29, 0.717) is 22.9 Å². The summed E-state index contributed by atoms with van der Waals surface area (Å²) in [4.78, 5) is 19.9. The highest BCUT2D eigenvalue weighted by Gasteiger charge is 2.12. The molecule has 5 N–H and O–H groups in total. The van der Waals surface area contributed by atoms with Crippen LogP contribution in [0.3, 0.4) is 0 Å². The second-order valence-corrected chi connectivity index (χ2v) is 9.18. The summed E-state index contributed by atoms with van der Waals surface area (Å²) in [7, 11) is -2.19. The van der Waals surface area contributed by atoms with Crippen molar-refractivity contribution in [3.05, 3.63) is 90.8 Å². The first-order chi connectivity index (χ1) is 16.3. The SMILES string of the molecule is CNS(=O)(=O)c1cccc(Nc2cc(Nc3cccc(-c4ccc(C(N)=O)cc4)c3)ncn2)c1. The Labute approximate surface area is 197 Å². The Morgan fingerprint density at radius 2 is 1.41 bits per heavy atom. The van der Waals surface area contributed by atoms with Crippen LogP contribution < -0.4 is 21.1 Å². The molecule has 0 radical (unpaired) electrons. The molecule has 34 heavy (non-hydrogen) atoms. The third-order valence-electron chi connectivity index (χ3n) is 4.99. The van der Waals surface area contributed by atoms with Crippen LogP contribution in [-0.4, -0.2) is 31.3 Å². The number of anilines is 4. The summed E-state index contributed by atoms with van der Waals surface area (Å²) in [5.74, 6) is 0.581. The van der Waals surface area contributed by atoms with E-state index in [1.165, 1.54) is 25.5 Å². The third kappa shape index (κ3) is 5.37. The molecule has 4 aromatic rings. The Bertz CT molecular complexity index is 1440. The van der Waals surface area contributed by atoms with E-state index in [1.807, 2.05) is 36.4 Å². The quantitative estimate of drug-likeness (QED) is 0.306. The van der Waals surface area contributed by atoms with Crippen molar-refractivity contribution in [3.8, 4) is 11.1 Å². The summed E-state index contributed by atoms with van der Waals surface area (Å²) >= 11 is 0. The van der Waals surface area contributed by atoms with Gasteiger partial charge >= 0.3 is 0 Å². The van der Waals surface area contributed by atoms with Crippen LogP contribution in [0, 0.1) is 0 Å². The van der Waals surface area contributed by atoms with Gasteiger partial charge in [0.05, 0.1) is 4.90 Å². The fourth-order valence-corrected chi connectivity index (χ4v) is 4.03. The van der Waals surface area contributed by atoms with Gasteiger partial charge in [-0.25, -0.2) is 23.1 Å². The van der Waals surface area contributed by atoms with E-state index in [9.17, 15) is 13.2 Å². The molecule has 0 saturated heterocycles. The Morgan fingerprint density at radius 3 is 2.03 bits per heavy atom. The summed E-state index contributed by atoms with van der Waals surface area (Å²) in [5, 5.41) is 6.34. The molecule has 1 heterocycles. The molecule has 0 bridgehead atoms. The van der Waals surface area contributed by atoms with E-state index in [-0.39, 0.29) is 4.90 Å². The van der Waals surface area contributed by atoms with Crippen LogP contribution in [0.2, 0.25) is 0 Å². The largest absolute Gasteiger partial charge is 0.366 e. The predicted octanol–water partition coefficient (Wildman–Crippen LogP) is 3.64. The average Bonchev–Trinajstić information content (AvgIpc) is 2.85. The van der Waals surface area contributed by atoms with Crippen molar-refractivity contribution in [1.82, 2.24) is 14.7 Å². The van der Waals surface area contributed by atoms with Crippen LogP contribution >= 0.6 is 0 Å². The van der Waals surface area contributed by atoms with Crippen molar-refractivity contribution in [2.75, 3.05) is 17.7 Å². The smallest absolute Gasteiger partial charge is 0.248 e. The van der Waals surface area contributed by atoms with E-state index in [1.54, 1.807) is 30.3 Å². The lowest BCUT2D eigenvalue weighted by Crippen LogP contribution is -2.18. The van der Waals surface area contributed by atoms with Gasteiger partial charge in [-0.3, -0.25) is 4.79 Å². The van der Waals surface area contributed by atoms with E-state index in [0.717, 1.165) is 16.8 Å². The summed E-state index contributed by atoms with van der Waals surface area (Å²) < 4.78 is 26.4. The Hall–Kier alpha value is -4.28. The second kappa shape index (κ2) is 9.69. The van der Waals surface area contributed by atoms with Crippen LogP contribution in [0.5, 0.6) is 0 Å². The zero-order valence-electron chi connectivity index (χ0n) is 18.2. The fraction of sp³-hybridized carbons (Fsp3) is 0.0417. The van der Waals surface area contributed by atoms with Crippen molar-refractivity contribution in [1.29, 1.82) is 0 Å². The number of nitrogens with one attached hydrogen (secondary N) is 3. The number of hydrogen-bond donors (Lipinski definition) is 4. The lowest BCUT2D eigenvalue weighted by atomic mass is 10.0. The van der Waals surface area contributed by atoms with Gasteiger partial charge in [-0.05, 0) is 60.6 Å². The zero-order valence-corrected chi connectivity index (χ0v) is 19.0. The predicted molar refractivity (Wildman–Crippen MR) is 132 cm³/mol. The molecule has 0 saturated carbocycles. The van der Waals surface area contributed by atoms with Gasteiger partial charge in [-0.1, -0.05) is 30.3 Å². The van der Waals surface area contributed by atoms with Crippen molar-refractivity contribution in [2.45, 2.75) is 4.90 Å². The van der Waals surface area contributed by atoms with Gasteiger partial charge < -0.3 is 16.4 Å². The van der Waals surface area contributed by atoms with Crippen molar-refractivity contribution < 1.29 is 13.2 Å². The average molecular weight is 475 g/mol. The number of benzene rings is 3. The van der Waals surface area contributed by atoms with Gasteiger partial charge in [0.15, 0.2) is 0 Å². The molecule has 1 amide bonds. The highest BCUT2D eigenvalue weighted by Crippen LogP contribution is 2.26. The van der Waals surface area contributed by atoms with Crippen molar-refractivity contribution in [2.24, 2.45) is 5.73 Å². The highest BCUT2D eigenvalue weighted by molar-refractivity contribution is 7.89. The van der Waals surface area contributed by atoms with Gasteiger partial charge in [-0.15, -0.1) is 0 Å². The summed E-state index contributed by atoms with van der Waals surface area (Å²) in [6.45, 7) is 0. The number of sulfonamides is 1. The molecule has 172 valence electrons. The number of nitrogens with zero attached hydrogens (tertiary/aromatic N) is 2. The van der Waals surface area contributed by atoms with Gasteiger partial charge in [0, 0.05) is 23.0 Å². The highest BCUT2D eigenvalue weighted by atomic mass is 32.2. The molecular weight excluding hydrogens is 452 g/mol. The van der Waals surface area contributed by atoms with Gasteiger partial charge in [0.25, 0.3) is 0 Å². The summed E-state index contributed by atoms with van der Waals surface area (Å²) in [6, 6.07) is 22.9. The van der Waals surface area contributed by atoms with E-state index in [2.05, 4.69) is 25.3 Å². The minimum absolute atomic E-state index is 0.146. The second-order valence-electron chi connectivity index (χ2n) is 7.30. The summed E-state index contributed by atoms with van der Waals surface area (Å²) in [5.41, 5.74) is 9.04. The van der Waals surface area contributed by atoms with Crippen LogP contribution in [0.15, 0.2) is 90.1 Å². The molecule has 0 aliphatic carbocycles. The Kier molecular flexibility index (Phi) is 6.53. The molecule has 10 heteroatoms. The third-order valence-corrected chi connectivity index (χ3v) is 6.40. The fourth-order valence-electron chi connectivity index (χ4n) is 3.25. The number of primary amides is 1. The van der Waals surface area contributed by atoms with Crippen LogP contribution in [0.1, 0.15) is 10.4 Å². The molecule has 0 atom stereocenters. The lowest BCUT2D eigenvalue weighted by Gasteiger charge is -2.11. The van der Waals surface area contributed by atoms with Crippen LogP contribution in [0.25, 0.3) is 11.1 Å². The van der Waals surface area contributed by atoms with Crippen molar-refractivity contribution >= 4 is 38.9 Å². The van der Waals surface area contributed by atoms with Crippen LogP contribution in [-0.2, 0) is 10.0 Å². The van der Waals surface area contributed by atoms with Gasteiger partial charge in [-0.2, -0.15) is 0 Å². The van der Waals surface area contributed by atoms with Crippen molar-refractivity contribution in [3.63, 3.8) is 0 Å². The number of amides is 1.